The van der Waals surface area contributed by atoms with Crippen LogP contribution < -0.4 is 0 Å². The first-order valence-electron chi connectivity index (χ1n) is 4.03. The number of aliphatic carboxylic acids is 1. The van der Waals surface area contributed by atoms with Crippen molar-refractivity contribution in [1.82, 2.24) is 0 Å². The zero-order valence-electron chi connectivity index (χ0n) is 6.84. The van der Waals surface area contributed by atoms with Crippen LogP contribution in [0.1, 0.15) is 32.6 Å². The van der Waals surface area contributed by atoms with Crippen LogP contribution >= 0.6 is 9.24 Å². The van der Waals surface area contributed by atoms with E-state index in [1.165, 1.54) is 0 Å². The van der Waals surface area contributed by atoms with Crippen molar-refractivity contribution >= 4 is 15.2 Å². The number of rotatable bonds is 1. The van der Waals surface area contributed by atoms with Crippen LogP contribution in [0, 0.1) is 5.92 Å². The van der Waals surface area contributed by atoms with E-state index in [1.54, 1.807) is 0 Å². The Bertz CT molecular complexity index is 155. The largest absolute Gasteiger partial charge is 0.481 e. The molecule has 64 valence electrons. The smallest absolute Gasteiger partial charge is 0.306 e. The zero-order chi connectivity index (χ0) is 8.48. The Kier molecular flexibility index (Phi) is 2.54. The summed E-state index contributed by atoms with van der Waals surface area (Å²) in [5.74, 6) is -0.700. The van der Waals surface area contributed by atoms with Crippen molar-refractivity contribution < 1.29 is 9.90 Å². The van der Waals surface area contributed by atoms with Gasteiger partial charge in [0, 0.05) is 0 Å². The number of hydrogen-bond donors (Lipinski definition) is 1. The minimum Gasteiger partial charge on any atom is -0.481 e. The second kappa shape index (κ2) is 3.10. The maximum atomic E-state index is 10.6. The van der Waals surface area contributed by atoms with Crippen molar-refractivity contribution in [3.8, 4) is 0 Å². The molecule has 0 heterocycles. The Labute approximate surface area is 69.6 Å². The van der Waals surface area contributed by atoms with Crippen LogP contribution in [0.15, 0.2) is 0 Å². The quantitative estimate of drug-likeness (QED) is 0.616. The number of carboxylic acid groups (broad SMARTS) is 1. The minimum atomic E-state index is -0.620. The zero-order valence-corrected chi connectivity index (χ0v) is 7.99. The molecule has 0 radical (unpaired) electrons. The first kappa shape index (κ1) is 8.99. The second-order valence-corrected chi connectivity index (χ2v) is 5.16. The predicted octanol–water partition coefficient (Wildman–Crippen LogP) is 1.89. The molecule has 1 N–H and O–H groups in total. The monoisotopic (exact) mass is 174 g/mol. The molecule has 3 heteroatoms. The summed E-state index contributed by atoms with van der Waals surface area (Å²) in [5, 5.41) is 9.00. The van der Waals surface area contributed by atoms with Gasteiger partial charge in [-0.15, -0.1) is 9.24 Å². The molecular formula is C8H15O2P. The van der Waals surface area contributed by atoms with Crippen LogP contribution in [-0.2, 0) is 4.79 Å². The van der Waals surface area contributed by atoms with Gasteiger partial charge in [0.1, 0.15) is 0 Å². The van der Waals surface area contributed by atoms with E-state index < -0.39 is 5.97 Å². The molecule has 0 aromatic rings. The highest BCUT2D eigenvalue weighted by Gasteiger charge is 2.30. The van der Waals surface area contributed by atoms with Gasteiger partial charge in [0.25, 0.3) is 0 Å². The van der Waals surface area contributed by atoms with Gasteiger partial charge in [-0.3, -0.25) is 4.79 Å². The second-order valence-electron chi connectivity index (χ2n) is 3.77. The van der Waals surface area contributed by atoms with Gasteiger partial charge in [0.05, 0.1) is 5.92 Å². The van der Waals surface area contributed by atoms with Gasteiger partial charge in [-0.25, -0.2) is 0 Å². The molecule has 0 saturated heterocycles. The Balaban J connectivity index is 2.42. The van der Waals surface area contributed by atoms with Crippen molar-refractivity contribution in [2.75, 3.05) is 0 Å². The summed E-state index contributed by atoms with van der Waals surface area (Å²) < 4.78 is 0. The topological polar surface area (TPSA) is 37.3 Å². The predicted molar refractivity (Wildman–Crippen MR) is 47.7 cm³/mol. The van der Waals surface area contributed by atoms with Crippen LogP contribution in [0.3, 0.4) is 0 Å². The molecule has 2 nitrogen and oxygen atoms in total. The molecule has 0 aliphatic heterocycles. The lowest BCUT2D eigenvalue weighted by molar-refractivity contribution is -0.142. The average molecular weight is 174 g/mol. The average Bonchev–Trinajstić information content (AvgIpc) is 1.86. The van der Waals surface area contributed by atoms with Crippen LogP contribution in [-0.4, -0.2) is 16.2 Å². The molecular weight excluding hydrogens is 159 g/mol. The van der Waals surface area contributed by atoms with E-state index in [4.69, 9.17) is 5.11 Å². The molecule has 0 bridgehead atoms. The van der Waals surface area contributed by atoms with E-state index in [1.807, 2.05) is 0 Å². The summed E-state index contributed by atoms with van der Waals surface area (Å²) in [4.78, 5) is 10.6. The lowest BCUT2D eigenvalue weighted by Gasteiger charge is -2.32. The van der Waals surface area contributed by atoms with Crippen molar-refractivity contribution in [2.24, 2.45) is 5.92 Å². The van der Waals surface area contributed by atoms with Gasteiger partial charge in [-0.2, -0.15) is 0 Å². The molecule has 1 fully saturated rings. The van der Waals surface area contributed by atoms with Crippen LogP contribution in [0.4, 0.5) is 0 Å². The molecule has 1 rings (SSSR count). The minimum absolute atomic E-state index is 0.0800. The third-order valence-corrected chi connectivity index (χ3v) is 3.05. The van der Waals surface area contributed by atoms with Gasteiger partial charge < -0.3 is 5.11 Å². The lowest BCUT2D eigenvalue weighted by atomic mass is 9.82. The molecule has 1 saturated carbocycles. The van der Waals surface area contributed by atoms with E-state index >= 15 is 0 Å². The van der Waals surface area contributed by atoms with E-state index in [0.717, 1.165) is 25.7 Å². The van der Waals surface area contributed by atoms with Crippen molar-refractivity contribution in [3.05, 3.63) is 0 Å². The summed E-state index contributed by atoms with van der Waals surface area (Å²) in [6.07, 6.45) is 3.73. The SMILES string of the molecule is CC1(P)CCC(C(=O)O)CC1. The summed E-state index contributed by atoms with van der Waals surface area (Å²) in [6, 6.07) is 0. The van der Waals surface area contributed by atoms with E-state index in [-0.39, 0.29) is 5.92 Å². The molecule has 1 aliphatic rings. The van der Waals surface area contributed by atoms with Gasteiger partial charge in [0.2, 0.25) is 0 Å². The normalized spacial score (nSPS) is 38.5. The Morgan fingerprint density at radius 3 is 2.36 bits per heavy atom. The number of hydrogen-bond acceptors (Lipinski definition) is 1. The molecule has 1 unspecified atom stereocenters. The molecule has 1 atom stereocenters. The van der Waals surface area contributed by atoms with E-state index in [9.17, 15) is 4.79 Å². The van der Waals surface area contributed by atoms with E-state index in [0.29, 0.717) is 5.16 Å². The van der Waals surface area contributed by atoms with Crippen LogP contribution in [0.25, 0.3) is 0 Å². The highest BCUT2D eigenvalue weighted by Crippen LogP contribution is 2.38. The highest BCUT2D eigenvalue weighted by molar-refractivity contribution is 7.18. The summed E-state index contributed by atoms with van der Waals surface area (Å²) in [6.45, 7) is 2.18. The maximum Gasteiger partial charge on any atom is 0.306 e. The third-order valence-electron chi connectivity index (χ3n) is 2.48. The van der Waals surface area contributed by atoms with Crippen molar-refractivity contribution in [1.29, 1.82) is 0 Å². The summed E-state index contributed by atoms with van der Waals surface area (Å²) in [5.41, 5.74) is 0. The standard InChI is InChI=1S/C8H15O2P/c1-8(11)4-2-6(3-5-8)7(9)10/h6H,2-5,11H2,1H3,(H,9,10). The van der Waals surface area contributed by atoms with Gasteiger partial charge in [0.15, 0.2) is 0 Å². The highest BCUT2D eigenvalue weighted by atomic mass is 31.0. The van der Waals surface area contributed by atoms with Crippen molar-refractivity contribution in [2.45, 2.75) is 37.8 Å². The number of carboxylic acids is 1. The third kappa shape index (κ3) is 2.44. The Hall–Kier alpha value is -0.100. The van der Waals surface area contributed by atoms with Gasteiger partial charge in [-0.1, -0.05) is 6.92 Å². The Morgan fingerprint density at radius 1 is 1.55 bits per heavy atom. The molecule has 0 spiro atoms. The van der Waals surface area contributed by atoms with Gasteiger partial charge >= 0.3 is 5.97 Å². The summed E-state index contributed by atoms with van der Waals surface area (Å²) in [7, 11) is 2.82. The Morgan fingerprint density at radius 2 is 2.00 bits per heavy atom. The molecule has 0 amide bonds. The maximum absolute atomic E-state index is 10.6. The van der Waals surface area contributed by atoms with E-state index in [2.05, 4.69) is 16.2 Å². The first-order valence-corrected chi connectivity index (χ1v) is 4.61. The first-order chi connectivity index (χ1) is 5.01. The fourth-order valence-electron chi connectivity index (χ4n) is 1.52. The van der Waals surface area contributed by atoms with Gasteiger partial charge in [-0.05, 0) is 30.8 Å². The molecule has 0 aromatic carbocycles. The fourth-order valence-corrected chi connectivity index (χ4v) is 1.86. The molecule has 1 aliphatic carbocycles. The van der Waals surface area contributed by atoms with Crippen LogP contribution in [0.2, 0.25) is 0 Å². The van der Waals surface area contributed by atoms with Crippen molar-refractivity contribution in [3.63, 3.8) is 0 Å². The molecule has 0 aromatic heterocycles. The lowest BCUT2D eigenvalue weighted by Crippen LogP contribution is -2.28. The number of carbonyl (C=O) groups is 1. The fraction of sp³-hybridized carbons (Fsp3) is 0.875. The molecule has 11 heavy (non-hydrogen) atoms. The summed E-state index contributed by atoms with van der Waals surface area (Å²) >= 11 is 0. The van der Waals surface area contributed by atoms with Crippen LogP contribution in [0.5, 0.6) is 0 Å².